The average molecular weight is 184 g/mol. The van der Waals surface area contributed by atoms with Gasteiger partial charge >= 0.3 is 0 Å². The molecule has 2 nitrogen and oxygen atoms in total. The molecule has 0 aliphatic rings. The molecule has 0 saturated carbocycles. The maximum absolute atomic E-state index is 5.47. The van der Waals surface area contributed by atoms with Crippen LogP contribution < -0.4 is 11.3 Å². The molecule has 0 aliphatic carbocycles. The lowest BCUT2D eigenvalue weighted by Crippen LogP contribution is -2.35. The van der Waals surface area contributed by atoms with Gasteiger partial charge in [-0.15, -0.1) is 6.58 Å². The summed E-state index contributed by atoms with van der Waals surface area (Å²) in [6.45, 7) is 10.4. The Hall–Kier alpha value is -0.340. The van der Waals surface area contributed by atoms with E-state index in [0.29, 0.717) is 6.04 Å². The molecule has 1 atom stereocenters. The van der Waals surface area contributed by atoms with E-state index in [1.165, 1.54) is 18.4 Å². The van der Waals surface area contributed by atoms with Crippen LogP contribution in [0.15, 0.2) is 12.2 Å². The normalized spacial score (nSPS) is 13.3. The number of nitrogens with one attached hydrogen (secondary N) is 1. The summed E-state index contributed by atoms with van der Waals surface area (Å²) in [4.78, 5) is 0. The lowest BCUT2D eigenvalue weighted by molar-refractivity contribution is 0.416. The van der Waals surface area contributed by atoms with Gasteiger partial charge in [0.2, 0.25) is 0 Å². The summed E-state index contributed by atoms with van der Waals surface area (Å²) in [6.07, 6.45) is 4.60. The molecule has 0 fully saturated rings. The van der Waals surface area contributed by atoms with Gasteiger partial charge in [-0.3, -0.25) is 11.3 Å². The van der Waals surface area contributed by atoms with Gasteiger partial charge in [-0.05, 0) is 38.5 Å². The Morgan fingerprint density at radius 3 is 2.31 bits per heavy atom. The first-order valence-electron chi connectivity index (χ1n) is 5.16. The molecule has 0 spiro atoms. The molecule has 0 rings (SSSR count). The Morgan fingerprint density at radius 2 is 1.92 bits per heavy atom. The number of nitrogens with two attached hydrogens (primary N) is 1. The molecule has 0 aromatic carbocycles. The van der Waals surface area contributed by atoms with Crippen molar-refractivity contribution < 1.29 is 0 Å². The highest BCUT2D eigenvalue weighted by Gasteiger charge is 2.06. The highest BCUT2D eigenvalue weighted by atomic mass is 15.2. The fraction of sp³-hybridized carbons (Fsp3) is 0.818. The van der Waals surface area contributed by atoms with E-state index in [1.54, 1.807) is 0 Å². The third kappa shape index (κ3) is 8.00. The molecule has 2 heteroatoms. The van der Waals surface area contributed by atoms with Crippen LogP contribution in [0.1, 0.15) is 46.5 Å². The SMILES string of the molecule is C=C(C)CCC(CCC(C)C)NN. The largest absolute Gasteiger partial charge is 0.271 e. The predicted molar refractivity (Wildman–Crippen MR) is 59.2 cm³/mol. The van der Waals surface area contributed by atoms with Crippen molar-refractivity contribution in [1.82, 2.24) is 5.43 Å². The van der Waals surface area contributed by atoms with Crippen LogP contribution in [0.3, 0.4) is 0 Å². The third-order valence-electron chi connectivity index (χ3n) is 2.25. The van der Waals surface area contributed by atoms with E-state index < -0.39 is 0 Å². The number of hydrogen-bond donors (Lipinski definition) is 2. The molecule has 0 aromatic rings. The van der Waals surface area contributed by atoms with Crippen LogP contribution in [-0.4, -0.2) is 6.04 Å². The van der Waals surface area contributed by atoms with Crippen LogP contribution in [-0.2, 0) is 0 Å². The summed E-state index contributed by atoms with van der Waals surface area (Å²) in [5.41, 5.74) is 4.11. The van der Waals surface area contributed by atoms with Gasteiger partial charge in [-0.25, -0.2) is 0 Å². The van der Waals surface area contributed by atoms with Crippen molar-refractivity contribution in [2.24, 2.45) is 11.8 Å². The molecule has 0 amide bonds. The van der Waals surface area contributed by atoms with Gasteiger partial charge < -0.3 is 0 Å². The monoisotopic (exact) mass is 184 g/mol. The van der Waals surface area contributed by atoms with E-state index in [9.17, 15) is 0 Å². The molecule has 0 aromatic heterocycles. The van der Waals surface area contributed by atoms with Crippen molar-refractivity contribution >= 4 is 0 Å². The van der Waals surface area contributed by atoms with Gasteiger partial charge in [0.05, 0.1) is 0 Å². The minimum Gasteiger partial charge on any atom is -0.271 e. The van der Waals surface area contributed by atoms with Crippen molar-refractivity contribution in [3.63, 3.8) is 0 Å². The minimum atomic E-state index is 0.457. The molecule has 3 N–H and O–H groups in total. The lowest BCUT2D eigenvalue weighted by atomic mass is 9.99. The van der Waals surface area contributed by atoms with Crippen molar-refractivity contribution in [1.29, 1.82) is 0 Å². The lowest BCUT2D eigenvalue weighted by Gasteiger charge is -2.16. The summed E-state index contributed by atoms with van der Waals surface area (Å²) in [5.74, 6) is 6.23. The first-order chi connectivity index (χ1) is 6.06. The highest BCUT2D eigenvalue weighted by Crippen LogP contribution is 2.12. The second kappa shape index (κ2) is 7.10. The molecule has 1 unspecified atom stereocenters. The van der Waals surface area contributed by atoms with Crippen LogP contribution >= 0.6 is 0 Å². The number of allylic oxidation sites excluding steroid dienone is 1. The Bertz CT molecular complexity index is 141. The van der Waals surface area contributed by atoms with Gasteiger partial charge in [-0.1, -0.05) is 19.4 Å². The van der Waals surface area contributed by atoms with Crippen molar-refractivity contribution in [2.45, 2.75) is 52.5 Å². The Balaban J connectivity index is 3.57. The molecule has 0 radical (unpaired) electrons. The van der Waals surface area contributed by atoms with E-state index in [0.717, 1.165) is 18.8 Å². The quantitative estimate of drug-likeness (QED) is 0.362. The summed E-state index contributed by atoms with van der Waals surface area (Å²) < 4.78 is 0. The summed E-state index contributed by atoms with van der Waals surface area (Å²) in [5, 5.41) is 0. The van der Waals surface area contributed by atoms with Gasteiger partial charge in [0, 0.05) is 6.04 Å². The fourth-order valence-electron chi connectivity index (χ4n) is 1.27. The van der Waals surface area contributed by atoms with Crippen LogP contribution in [0.4, 0.5) is 0 Å². The molecule has 78 valence electrons. The Kier molecular flexibility index (Phi) is 6.92. The minimum absolute atomic E-state index is 0.457. The van der Waals surface area contributed by atoms with Crippen LogP contribution in [0.2, 0.25) is 0 Å². The zero-order valence-corrected chi connectivity index (χ0v) is 9.27. The van der Waals surface area contributed by atoms with Gasteiger partial charge in [0.25, 0.3) is 0 Å². The maximum Gasteiger partial charge on any atom is 0.0213 e. The zero-order valence-electron chi connectivity index (χ0n) is 9.27. The smallest absolute Gasteiger partial charge is 0.0213 e. The average Bonchev–Trinajstić information content (AvgIpc) is 2.04. The van der Waals surface area contributed by atoms with Gasteiger partial charge in [-0.2, -0.15) is 0 Å². The number of hydrazine groups is 1. The van der Waals surface area contributed by atoms with E-state index in [4.69, 9.17) is 5.84 Å². The van der Waals surface area contributed by atoms with Gasteiger partial charge in [0.1, 0.15) is 0 Å². The summed E-state index contributed by atoms with van der Waals surface area (Å²) >= 11 is 0. The van der Waals surface area contributed by atoms with Crippen molar-refractivity contribution in [3.8, 4) is 0 Å². The molecule has 0 aliphatic heterocycles. The van der Waals surface area contributed by atoms with Crippen molar-refractivity contribution in [2.75, 3.05) is 0 Å². The molecule has 0 heterocycles. The zero-order chi connectivity index (χ0) is 10.3. The Labute approximate surface area is 82.6 Å². The first kappa shape index (κ1) is 12.7. The van der Waals surface area contributed by atoms with E-state index in [-0.39, 0.29) is 0 Å². The van der Waals surface area contributed by atoms with Crippen molar-refractivity contribution in [3.05, 3.63) is 12.2 Å². The standard InChI is InChI=1S/C11H24N2/c1-9(2)5-7-11(13-12)8-6-10(3)4/h10-11,13H,1,5-8,12H2,2-4H3. The summed E-state index contributed by atoms with van der Waals surface area (Å²) in [6, 6.07) is 0.457. The summed E-state index contributed by atoms with van der Waals surface area (Å²) in [7, 11) is 0. The van der Waals surface area contributed by atoms with Crippen LogP contribution in [0.25, 0.3) is 0 Å². The second-order valence-corrected chi connectivity index (χ2v) is 4.33. The first-order valence-corrected chi connectivity index (χ1v) is 5.16. The molecule has 13 heavy (non-hydrogen) atoms. The predicted octanol–water partition coefficient (Wildman–Crippen LogP) is 2.61. The molecular weight excluding hydrogens is 160 g/mol. The Morgan fingerprint density at radius 1 is 1.31 bits per heavy atom. The molecular formula is C11H24N2. The topological polar surface area (TPSA) is 38.0 Å². The van der Waals surface area contributed by atoms with E-state index in [1.807, 2.05) is 0 Å². The number of rotatable bonds is 7. The second-order valence-electron chi connectivity index (χ2n) is 4.33. The van der Waals surface area contributed by atoms with Gasteiger partial charge in [0.15, 0.2) is 0 Å². The van der Waals surface area contributed by atoms with E-state index >= 15 is 0 Å². The number of hydrogen-bond acceptors (Lipinski definition) is 2. The van der Waals surface area contributed by atoms with E-state index in [2.05, 4.69) is 32.8 Å². The molecule has 0 bridgehead atoms. The fourth-order valence-corrected chi connectivity index (χ4v) is 1.27. The maximum atomic E-state index is 5.47. The third-order valence-corrected chi connectivity index (χ3v) is 2.25. The highest BCUT2D eigenvalue weighted by molar-refractivity contribution is 4.88. The molecule has 0 saturated heterocycles. The van der Waals surface area contributed by atoms with Crippen LogP contribution in [0, 0.1) is 5.92 Å². The van der Waals surface area contributed by atoms with Crippen LogP contribution in [0.5, 0.6) is 0 Å².